The molecule has 0 atom stereocenters. The summed E-state index contributed by atoms with van der Waals surface area (Å²) in [5.41, 5.74) is 0.373. The lowest BCUT2D eigenvalue weighted by atomic mass is 9.89. The minimum atomic E-state index is -4.56. The molecule has 0 spiro atoms. The maximum atomic E-state index is 14.2. The molecular formula is C22H16ClF3O. The molecular weight excluding hydrogens is 373 g/mol. The molecule has 0 radical (unpaired) electrons. The van der Waals surface area contributed by atoms with E-state index in [4.69, 9.17) is 16.3 Å². The smallest absolute Gasteiger partial charge is 0.417 e. The molecule has 0 aliphatic heterocycles. The second-order valence-electron chi connectivity index (χ2n) is 5.85. The number of rotatable bonds is 4. The van der Waals surface area contributed by atoms with Crippen molar-refractivity contribution in [1.82, 2.24) is 0 Å². The molecule has 3 aromatic carbocycles. The van der Waals surface area contributed by atoms with E-state index in [1.165, 1.54) is 31.4 Å². The summed E-state index contributed by atoms with van der Waals surface area (Å²) in [7, 11) is 1.47. The molecule has 5 heteroatoms. The Morgan fingerprint density at radius 2 is 1.26 bits per heavy atom. The number of benzene rings is 3. The van der Waals surface area contributed by atoms with Gasteiger partial charge in [-0.1, -0.05) is 66.2 Å². The summed E-state index contributed by atoms with van der Waals surface area (Å²) in [4.78, 5) is 0. The Balaban J connectivity index is 2.33. The molecule has 138 valence electrons. The summed E-state index contributed by atoms with van der Waals surface area (Å²) < 4.78 is 47.6. The van der Waals surface area contributed by atoms with E-state index < -0.39 is 11.7 Å². The first-order chi connectivity index (χ1) is 12.9. The number of allylic oxidation sites excluding steroid dienone is 1. The maximum Gasteiger partial charge on any atom is 0.417 e. The summed E-state index contributed by atoms with van der Waals surface area (Å²) in [6, 6.07) is 20.8. The highest BCUT2D eigenvalue weighted by Crippen LogP contribution is 2.43. The minimum Gasteiger partial charge on any atom is -0.497 e. The van der Waals surface area contributed by atoms with Crippen LogP contribution in [0.1, 0.15) is 16.7 Å². The highest BCUT2D eigenvalue weighted by atomic mass is 35.5. The van der Waals surface area contributed by atoms with E-state index in [0.29, 0.717) is 21.9 Å². The van der Waals surface area contributed by atoms with Crippen LogP contribution in [-0.4, -0.2) is 13.3 Å². The highest BCUT2D eigenvalue weighted by molar-refractivity contribution is 6.30. The van der Waals surface area contributed by atoms with Crippen molar-refractivity contribution >= 4 is 22.7 Å². The van der Waals surface area contributed by atoms with E-state index >= 15 is 0 Å². The van der Waals surface area contributed by atoms with Gasteiger partial charge >= 0.3 is 6.18 Å². The largest absolute Gasteiger partial charge is 0.497 e. The fourth-order valence-corrected chi connectivity index (χ4v) is 3.01. The predicted molar refractivity (Wildman–Crippen MR) is 103 cm³/mol. The van der Waals surface area contributed by atoms with Gasteiger partial charge in [0.15, 0.2) is 0 Å². The molecule has 3 rings (SSSR count). The first-order valence-corrected chi connectivity index (χ1v) is 8.55. The minimum absolute atomic E-state index is 0.0668. The van der Waals surface area contributed by atoms with Crippen molar-refractivity contribution in [3.8, 4) is 5.75 Å². The molecule has 0 saturated carbocycles. The summed E-state index contributed by atoms with van der Waals surface area (Å²) in [5.74, 6) is 0.494. The van der Waals surface area contributed by atoms with Gasteiger partial charge < -0.3 is 4.74 Å². The first kappa shape index (κ1) is 19.1. The van der Waals surface area contributed by atoms with Crippen LogP contribution in [0.5, 0.6) is 5.75 Å². The van der Waals surface area contributed by atoms with Gasteiger partial charge in [0.25, 0.3) is 0 Å². The van der Waals surface area contributed by atoms with E-state index in [2.05, 4.69) is 0 Å². The van der Waals surface area contributed by atoms with Gasteiger partial charge in [0, 0.05) is 10.6 Å². The van der Waals surface area contributed by atoms with Gasteiger partial charge in [0.2, 0.25) is 0 Å². The Labute approximate surface area is 160 Å². The molecule has 0 saturated heterocycles. The standard InChI is InChI=1S/C22H16ClF3O/c1-27-19-13-9-17(10-14-19)21(22(24,25)26)20(15-5-3-2-4-6-15)16-7-11-18(23)12-8-16/h2-14H,1H3/b21-20-. The van der Waals surface area contributed by atoms with Crippen LogP contribution in [-0.2, 0) is 0 Å². The number of halogens is 4. The first-order valence-electron chi connectivity index (χ1n) is 8.17. The van der Waals surface area contributed by atoms with Crippen LogP contribution < -0.4 is 4.74 Å². The van der Waals surface area contributed by atoms with Gasteiger partial charge in [-0.15, -0.1) is 0 Å². The van der Waals surface area contributed by atoms with Crippen molar-refractivity contribution in [3.63, 3.8) is 0 Å². The molecule has 0 bridgehead atoms. The van der Waals surface area contributed by atoms with E-state index in [0.717, 1.165) is 0 Å². The van der Waals surface area contributed by atoms with E-state index in [1.807, 2.05) is 0 Å². The Bertz CT molecular complexity index is 928. The van der Waals surface area contributed by atoms with Crippen molar-refractivity contribution in [1.29, 1.82) is 0 Å². The van der Waals surface area contributed by atoms with Crippen LogP contribution in [0.2, 0.25) is 5.02 Å². The molecule has 27 heavy (non-hydrogen) atoms. The second kappa shape index (κ2) is 7.89. The lowest BCUT2D eigenvalue weighted by Crippen LogP contribution is -2.14. The number of methoxy groups -OCH3 is 1. The van der Waals surface area contributed by atoms with E-state index in [-0.39, 0.29) is 11.1 Å². The van der Waals surface area contributed by atoms with E-state index in [1.54, 1.807) is 54.6 Å². The van der Waals surface area contributed by atoms with Crippen LogP contribution in [0.4, 0.5) is 13.2 Å². The third kappa shape index (κ3) is 4.34. The van der Waals surface area contributed by atoms with Crippen molar-refractivity contribution < 1.29 is 17.9 Å². The molecule has 0 N–H and O–H groups in total. The monoisotopic (exact) mass is 388 g/mol. The Morgan fingerprint density at radius 1 is 0.741 bits per heavy atom. The molecule has 0 heterocycles. The maximum absolute atomic E-state index is 14.2. The van der Waals surface area contributed by atoms with E-state index in [9.17, 15) is 13.2 Å². The SMILES string of the molecule is COc1ccc(/C(=C(\c2ccccc2)c2ccc(Cl)cc2)C(F)(F)F)cc1. The Hall–Kier alpha value is -2.72. The Morgan fingerprint density at radius 3 is 1.78 bits per heavy atom. The zero-order chi connectivity index (χ0) is 19.4. The summed E-state index contributed by atoms with van der Waals surface area (Å²) in [6.07, 6.45) is -4.56. The van der Waals surface area contributed by atoms with Gasteiger partial charge in [0.05, 0.1) is 12.7 Å². The van der Waals surface area contributed by atoms with Crippen molar-refractivity contribution in [2.24, 2.45) is 0 Å². The quantitative estimate of drug-likeness (QED) is 0.443. The highest BCUT2D eigenvalue weighted by Gasteiger charge is 2.38. The third-order valence-electron chi connectivity index (χ3n) is 4.11. The molecule has 3 aromatic rings. The summed E-state index contributed by atoms with van der Waals surface area (Å²) >= 11 is 5.93. The zero-order valence-electron chi connectivity index (χ0n) is 14.4. The van der Waals surface area contributed by atoms with Gasteiger partial charge in [-0.25, -0.2) is 0 Å². The molecule has 0 amide bonds. The molecule has 0 aliphatic carbocycles. The molecule has 0 aliphatic rings. The molecule has 0 fully saturated rings. The Kier molecular flexibility index (Phi) is 5.57. The lowest BCUT2D eigenvalue weighted by molar-refractivity contribution is -0.0685. The number of alkyl halides is 3. The normalized spacial score (nSPS) is 12.5. The third-order valence-corrected chi connectivity index (χ3v) is 4.36. The number of hydrogen-bond donors (Lipinski definition) is 0. The van der Waals surface area contributed by atoms with Crippen molar-refractivity contribution in [2.45, 2.75) is 6.18 Å². The summed E-state index contributed by atoms with van der Waals surface area (Å²) in [6.45, 7) is 0. The average molecular weight is 389 g/mol. The zero-order valence-corrected chi connectivity index (χ0v) is 15.2. The lowest BCUT2D eigenvalue weighted by Gasteiger charge is -2.20. The number of ether oxygens (including phenoxy) is 1. The van der Waals surface area contributed by atoms with Gasteiger partial charge in [0.1, 0.15) is 5.75 Å². The van der Waals surface area contributed by atoms with Gasteiger partial charge in [-0.2, -0.15) is 13.2 Å². The van der Waals surface area contributed by atoms with Crippen LogP contribution in [0.3, 0.4) is 0 Å². The van der Waals surface area contributed by atoms with Crippen LogP contribution in [0, 0.1) is 0 Å². The van der Waals surface area contributed by atoms with Gasteiger partial charge in [-0.05, 0) is 41.0 Å². The topological polar surface area (TPSA) is 9.23 Å². The van der Waals surface area contributed by atoms with Crippen LogP contribution in [0.25, 0.3) is 11.1 Å². The predicted octanol–water partition coefficient (Wildman–Crippen LogP) is 6.87. The van der Waals surface area contributed by atoms with Crippen LogP contribution in [0.15, 0.2) is 78.9 Å². The molecule has 0 unspecified atom stereocenters. The molecule has 0 aromatic heterocycles. The van der Waals surface area contributed by atoms with Crippen molar-refractivity contribution in [3.05, 3.63) is 101 Å². The van der Waals surface area contributed by atoms with Gasteiger partial charge in [-0.3, -0.25) is 0 Å². The second-order valence-corrected chi connectivity index (χ2v) is 6.29. The average Bonchev–Trinajstić information content (AvgIpc) is 2.67. The fraction of sp³-hybridized carbons (Fsp3) is 0.0909. The fourth-order valence-electron chi connectivity index (χ4n) is 2.88. The van der Waals surface area contributed by atoms with Crippen LogP contribution >= 0.6 is 11.6 Å². The van der Waals surface area contributed by atoms with Crippen molar-refractivity contribution in [2.75, 3.05) is 7.11 Å². The molecule has 1 nitrogen and oxygen atoms in total. The summed E-state index contributed by atoms with van der Waals surface area (Å²) in [5, 5.41) is 0.462. The number of hydrogen-bond acceptors (Lipinski definition) is 1.